The van der Waals surface area contributed by atoms with Crippen LogP contribution in [0.2, 0.25) is 0 Å². The van der Waals surface area contributed by atoms with Gasteiger partial charge in [-0.1, -0.05) is 25.3 Å². The minimum Gasteiger partial charge on any atom is -0.340 e. The third-order valence-electron chi connectivity index (χ3n) is 6.76. The Morgan fingerprint density at radius 2 is 1.92 bits per heavy atom. The minimum absolute atomic E-state index is 0.0178. The maximum atomic E-state index is 13.9. The molecule has 3 heterocycles. The molecule has 2 aromatic carbocycles. The molecule has 1 N–H and O–H groups in total. The molecule has 0 atom stereocenters. The first-order chi connectivity index (χ1) is 17.6. The molecule has 0 bridgehead atoms. The summed E-state index contributed by atoms with van der Waals surface area (Å²) in [4.78, 5) is 20.8. The monoisotopic (exact) mass is 515 g/mol. The van der Waals surface area contributed by atoms with Crippen molar-refractivity contribution in [2.45, 2.75) is 51.0 Å². The zero-order valence-corrected chi connectivity index (χ0v) is 21.6. The van der Waals surface area contributed by atoms with Gasteiger partial charge in [-0.25, -0.2) is 0 Å². The highest BCUT2D eigenvalue weighted by Crippen LogP contribution is 2.34. The number of fused-ring (bicyclic) bond motifs is 4. The van der Waals surface area contributed by atoms with Gasteiger partial charge in [0.15, 0.2) is 5.43 Å². The number of unbranched alkanes of at least 4 members (excludes halogenated alkanes) is 1. The molecule has 5 aromatic rings. The molecule has 8 heteroatoms. The molecule has 0 aliphatic carbocycles. The summed E-state index contributed by atoms with van der Waals surface area (Å²) >= 11 is 0. The molecule has 0 radical (unpaired) electrons. The molecule has 0 amide bonds. The Morgan fingerprint density at radius 1 is 1.14 bits per heavy atom. The molecule has 3 aromatic heterocycles. The lowest BCUT2D eigenvalue weighted by Crippen LogP contribution is -2.13. The fourth-order valence-corrected chi connectivity index (χ4v) is 5.49. The van der Waals surface area contributed by atoms with Crippen LogP contribution >= 0.6 is 0 Å². The number of hydrogen-bond donors (Lipinski definition) is 1. The van der Waals surface area contributed by atoms with Crippen LogP contribution in [-0.4, -0.2) is 23.0 Å². The van der Waals surface area contributed by atoms with Gasteiger partial charge in [0.05, 0.1) is 10.9 Å². The minimum atomic E-state index is -4.92. The fraction of sp³-hybridized carbons (Fsp3) is 0.241. The first-order valence-electron chi connectivity index (χ1n) is 12.2. The van der Waals surface area contributed by atoms with Crippen LogP contribution < -0.4 is 5.43 Å². The van der Waals surface area contributed by atoms with E-state index in [4.69, 9.17) is 6.42 Å². The van der Waals surface area contributed by atoms with Crippen LogP contribution in [0.4, 0.5) is 3.89 Å². The molecule has 37 heavy (non-hydrogen) atoms. The summed E-state index contributed by atoms with van der Waals surface area (Å²) in [6.45, 7) is 6.14. The summed E-state index contributed by atoms with van der Waals surface area (Å²) in [5.41, 5.74) is 4.86. The van der Waals surface area contributed by atoms with Crippen LogP contribution in [-0.2, 0) is 16.6 Å². The third kappa shape index (κ3) is 4.19. The van der Waals surface area contributed by atoms with E-state index in [1.807, 2.05) is 44.2 Å². The number of nitrogens with zero attached hydrogens (tertiary/aromatic N) is 2. The summed E-state index contributed by atoms with van der Waals surface area (Å²) in [6, 6.07) is 10.6. The van der Waals surface area contributed by atoms with E-state index in [1.165, 1.54) is 12.3 Å². The van der Waals surface area contributed by atoms with E-state index in [9.17, 15) is 17.1 Å². The number of aromatic nitrogens is 3. The van der Waals surface area contributed by atoms with Crippen molar-refractivity contribution in [1.82, 2.24) is 14.5 Å². The Bertz CT molecular complexity index is 1910. The van der Waals surface area contributed by atoms with Crippen LogP contribution in [0, 0.1) is 12.3 Å². The SMILES string of the molecule is C#Cc1ccc2c(c1)[nH]c1c2c(=O)c2cc(CCCC)c(-c3cncc(S(=O)(=O)F)c3)cc2n1C(C)C. The van der Waals surface area contributed by atoms with E-state index in [2.05, 4.69) is 27.4 Å². The van der Waals surface area contributed by atoms with Gasteiger partial charge in [-0.2, -0.15) is 8.42 Å². The average molecular weight is 516 g/mol. The van der Waals surface area contributed by atoms with Gasteiger partial charge in [0.1, 0.15) is 10.5 Å². The first-order valence-corrected chi connectivity index (χ1v) is 13.6. The Labute approximate surface area is 214 Å². The highest BCUT2D eigenvalue weighted by atomic mass is 32.3. The molecule has 0 unspecified atom stereocenters. The van der Waals surface area contributed by atoms with E-state index in [0.29, 0.717) is 39.5 Å². The normalized spacial score (nSPS) is 12.1. The molecule has 0 aliphatic heterocycles. The van der Waals surface area contributed by atoms with Crippen LogP contribution in [0.1, 0.15) is 50.8 Å². The predicted octanol–water partition coefficient (Wildman–Crippen LogP) is 6.26. The largest absolute Gasteiger partial charge is 0.340 e. The third-order valence-corrected chi connectivity index (χ3v) is 7.55. The lowest BCUT2D eigenvalue weighted by atomic mass is 9.94. The van der Waals surface area contributed by atoms with Gasteiger partial charge in [-0.3, -0.25) is 9.78 Å². The fourth-order valence-electron chi connectivity index (χ4n) is 5.03. The van der Waals surface area contributed by atoms with Crippen molar-refractivity contribution in [3.63, 3.8) is 0 Å². The van der Waals surface area contributed by atoms with Crippen molar-refractivity contribution in [3.05, 3.63) is 70.1 Å². The van der Waals surface area contributed by atoms with Crippen molar-refractivity contribution in [1.29, 1.82) is 0 Å². The number of nitrogens with one attached hydrogen (secondary N) is 1. The van der Waals surface area contributed by atoms with E-state index < -0.39 is 15.1 Å². The average Bonchev–Trinajstić information content (AvgIpc) is 3.25. The van der Waals surface area contributed by atoms with Crippen molar-refractivity contribution in [2.24, 2.45) is 0 Å². The van der Waals surface area contributed by atoms with E-state index >= 15 is 0 Å². The highest BCUT2D eigenvalue weighted by Gasteiger charge is 2.21. The number of aromatic amines is 1. The topological polar surface area (TPSA) is 84.8 Å². The summed E-state index contributed by atoms with van der Waals surface area (Å²) < 4.78 is 39.0. The number of pyridine rings is 2. The van der Waals surface area contributed by atoms with Gasteiger partial charge in [-0.15, -0.1) is 10.3 Å². The number of benzene rings is 2. The standard InChI is InChI=1S/C29H26FN3O3S/c1-5-7-8-19-13-24-26(14-23(19)20-12-21(16-31-15-20)37(30,35)36)33(17(3)4)29-27(28(24)34)22-10-9-18(6-2)11-25(22)32-29/h2,9-17,32H,5,7-8H2,1,3-4H3. The van der Waals surface area contributed by atoms with Gasteiger partial charge < -0.3 is 9.55 Å². The van der Waals surface area contributed by atoms with Gasteiger partial charge in [0.2, 0.25) is 0 Å². The molecular formula is C29H26FN3O3S. The summed E-state index contributed by atoms with van der Waals surface area (Å²) in [5, 5.41) is 1.97. The van der Waals surface area contributed by atoms with Crippen molar-refractivity contribution in [2.75, 3.05) is 0 Å². The second kappa shape index (κ2) is 9.16. The van der Waals surface area contributed by atoms with Crippen molar-refractivity contribution < 1.29 is 12.3 Å². The molecule has 0 aliphatic rings. The second-order valence-corrected chi connectivity index (χ2v) is 10.9. The Hall–Kier alpha value is -3.96. The van der Waals surface area contributed by atoms with Crippen LogP contribution in [0.5, 0.6) is 0 Å². The number of halogens is 1. The number of rotatable bonds is 6. The molecule has 0 saturated heterocycles. The molecule has 0 fully saturated rings. The number of H-pyrrole nitrogens is 1. The molecule has 0 saturated carbocycles. The van der Waals surface area contributed by atoms with Gasteiger partial charge in [0, 0.05) is 45.9 Å². The quantitative estimate of drug-likeness (QED) is 0.214. The lowest BCUT2D eigenvalue weighted by molar-refractivity contribution is 0.551. The summed E-state index contributed by atoms with van der Waals surface area (Å²) in [5.74, 6) is 2.64. The van der Waals surface area contributed by atoms with Crippen LogP contribution in [0.3, 0.4) is 0 Å². The molecule has 0 spiro atoms. The zero-order chi connectivity index (χ0) is 26.5. The predicted molar refractivity (Wildman–Crippen MR) is 146 cm³/mol. The number of terminal acetylenes is 1. The second-order valence-electron chi connectivity index (χ2n) is 9.52. The van der Waals surface area contributed by atoms with E-state index in [0.717, 1.165) is 41.1 Å². The maximum absolute atomic E-state index is 13.9. The lowest BCUT2D eigenvalue weighted by Gasteiger charge is -2.19. The van der Waals surface area contributed by atoms with Crippen LogP contribution in [0.25, 0.3) is 44.0 Å². The van der Waals surface area contributed by atoms with Gasteiger partial charge in [-0.05, 0) is 68.1 Å². The van der Waals surface area contributed by atoms with Crippen molar-refractivity contribution >= 4 is 43.1 Å². The van der Waals surface area contributed by atoms with Crippen molar-refractivity contribution in [3.8, 4) is 23.5 Å². The Kier molecular flexibility index (Phi) is 6.12. The molecule has 188 valence electrons. The molecular weight excluding hydrogens is 489 g/mol. The molecule has 5 rings (SSSR count). The van der Waals surface area contributed by atoms with Gasteiger partial charge >= 0.3 is 10.2 Å². The number of hydrogen-bond acceptors (Lipinski definition) is 4. The maximum Gasteiger partial charge on any atom is 0.333 e. The van der Waals surface area contributed by atoms with Gasteiger partial charge in [0.25, 0.3) is 0 Å². The smallest absolute Gasteiger partial charge is 0.333 e. The Morgan fingerprint density at radius 3 is 2.59 bits per heavy atom. The molecule has 6 nitrogen and oxygen atoms in total. The summed E-state index contributed by atoms with van der Waals surface area (Å²) in [6.07, 6.45) is 10.6. The number of aryl methyl sites for hydroxylation is 1. The summed E-state index contributed by atoms with van der Waals surface area (Å²) in [7, 11) is -4.92. The van der Waals surface area contributed by atoms with E-state index in [1.54, 1.807) is 0 Å². The van der Waals surface area contributed by atoms with E-state index in [-0.39, 0.29) is 11.5 Å². The first kappa shape index (κ1) is 24.7. The zero-order valence-electron chi connectivity index (χ0n) is 20.8. The highest BCUT2D eigenvalue weighted by molar-refractivity contribution is 7.86. The van der Waals surface area contributed by atoms with Crippen LogP contribution in [0.15, 0.2) is 58.5 Å². The Balaban J connectivity index is 1.92.